The van der Waals surface area contributed by atoms with Crippen LogP contribution in [0.1, 0.15) is 26.7 Å². The number of nitrogens with one attached hydrogen (secondary N) is 2. The highest BCUT2D eigenvalue weighted by molar-refractivity contribution is 5.92. The first-order chi connectivity index (χ1) is 10.6. The third-order valence-corrected chi connectivity index (χ3v) is 3.64. The first-order valence-electron chi connectivity index (χ1n) is 7.56. The van der Waals surface area contributed by atoms with Crippen molar-refractivity contribution in [2.75, 3.05) is 10.6 Å². The van der Waals surface area contributed by atoms with Gasteiger partial charge >= 0.3 is 0 Å². The quantitative estimate of drug-likeness (QED) is 0.793. The van der Waals surface area contributed by atoms with Crippen LogP contribution in [0.25, 0.3) is 0 Å². The summed E-state index contributed by atoms with van der Waals surface area (Å²) in [5, 5.41) is 6.10. The van der Waals surface area contributed by atoms with Crippen molar-refractivity contribution < 1.29 is 9.18 Å². The predicted molar refractivity (Wildman–Crippen MR) is 88.8 cm³/mol. The molecule has 0 aliphatic carbocycles. The topological polar surface area (TPSA) is 41.1 Å². The fraction of sp³-hybridized carbons (Fsp3) is 0.278. The van der Waals surface area contributed by atoms with Crippen LogP contribution < -0.4 is 10.6 Å². The fourth-order valence-corrected chi connectivity index (χ4v) is 2.24. The molecule has 1 amide bonds. The summed E-state index contributed by atoms with van der Waals surface area (Å²) in [6.07, 6.45) is 1.68. The zero-order valence-electron chi connectivity index (χ0n) is 12.9. The summed E-state index contributed by atoms with van der Waals surface area (Å²) in [7, 11) is 0. The van der Waals surface area contributed by atoms with Gasteiger partial charge in [-0.1, -0.05) is 13.8 Å². The zero-order valence-corrected chi connectivity index (χ0v) is 12.9. The number of benzene rings is 2. The summed E-state index contributed by atoms with van der Waals surface area (Å²) in [6, 6.07) is 13.6. The highest BCUT2D eigenvalue weighted by atomic mass is 19.1. The van der Waals surface area contributed by atoms with Gasteiger partial charge in [-0.05, 0) is 61.4 Å². The van der Waals surface area contributed by atoms with E-state index in [1.165, 1.54) is 12.1 Å². The van der Waals surface area contributed by atoms with Crippen LogP contribution in [-0.4, -0.2) is 5.91 Å². The van der Waals surface area contributed by atoms with E-state index in [1.807, 2.05) is 38.1 Å². The van der Waals surface area contributed by atoms with Gasteiger partial charge in [0.1, 0.15) is 5.82 Å². The highest BCUT2D eigenvalue weighted by Crippen LogP contribution is 2.20. The molecule has 0 bridgehead atoms. The van der Waals surface area contributed by atoms with E-state index in [4.69, 9.17) is 0 Å². The first-order valence-corrected chi connectivity index (χ1v) is 7.56. The van der Waals surface area contributed by atoms with Crippen LogP contribution in [0.4, 0.5) is 21.5 Å². The van der Waals surface area contributed by atoms with Gasteiger partial charge in [-0.25, -0.2) is 4.39 Å². The average Bonchev–Trinajstić information content (AvgIpc) is 2.53. The molecule has 0 heterocycles. The molecule has 0 saturated carbocycles. The molecular weight excluding hydrogens is 279 g/mol. The van der Waals surface area contributed by atoms with E-state index in [1.54, 1.807) is 12.1 Å². The Hall–Kier alpha value is -2.36. The average molecular weight is 300 g/mol. The molecule has 0 aliphatic rings. The molecule has 0 spiro atoms. The lowest BCUT2D eigenvalue weighted by Crippen LogP contribution is -2.21. The second-order valence-electron chi connectivity index (χ2n) is 5.21. The molecule has 116 valence electrons. The van der Waals surface area contributed by atoms with Gasteiger partial charge < -0.3 is 10.6 Å². The van der Waals surface area contributed by atoms with Gasteiger partial charge in [-0.15, -0.1) is 0 Å². The molecule has 0 atom stereocenters. The van der Waals surface area contributed by atoms with Crippen molar-refractivity contribution in [2.45, 2.75) is 26.7 Å². The predicted octanol–water partition coefficient (Wildman–Crippen LogP) is 4.94. The minimum absolute atomic E-state index is 0.0528. The third-order valence-electron chi connectivity index (χ3n) is 3.64. The standard InChI is InChI=1S/C18H21FN2O/c1-3-13(4-2)18(22)21-17-11-9-16(10-12-17)20-15-7-5-14(19)6-8-15/h5-13,20H,3-4H2,1-2H3,(H,21,22). The van der Waals surface area contributed by atoms with Crippen LogP contribution in [0.3, 0.4) is 0 Å². The molecule has 22 heavy (non-hydrogen) atoms. The Morgan fingerprint density at radius 1 is 0.909 bits per heavy atom. The zero-order chi connectivity index (χ0) is 15.9. The Morgan fingerprint density at radius 2 is 1.36 bits per heavy atom. The van der Waals surface area contributed by atoms with Gasteiger partial charge in [-0.3, -0.25) is 4.79 Å². The Labute approximate surface area is 130 Å². The lowest BCUT2D eigenvalue weighted by Gasteiger charge is -2.13. The molecule has 0 unspecified atom stereocenters. The van der Waals surface area contributed by atoms with Crippen LogP contribution >= 0.6 is 0 Å². The van der Waals surface area contributed by atoms with E-state index in [2.05, 4.69) is 10.6 Å². The molecule has 2 aromatic rings. The second-order valence-corrected chi connectivity index (χ2v) is 5.21. The Kier molecular flexibility index (Phi) is 5.53. The second kappa shape index (κ2) is 7.59. The van der Waals surface area contributed by atoms with Gasteiger partial charge in [0.25, 0.3) is 0 Å². The number of carbonyl (C=O) groups is 1. The molecule has 2 N–H and O–H groups in total. The van der Waals surface area contributed by atoms with Crippen LogP contribution in [0.2, 0.25) is 0 Å². The molecule has 0 aromatic heterocycles. The summed E-state index contributed by atoms with van der Waals surface area (Å²) < 4.78 is 12.9. The van der Waals surface area contributed by atoms with Crippen molar-refractivity contribution in [3.63, 3.8) is 0 Å². The molecule has 0 fully saturated rings. The monoisotopic (exact) mass is 300 g/mol. The summed E-state index contributed by atoms with van der Waals surface area (Å²) >= 11 is 0. The van der Waals surface area contributed by atoms with E-state index in [-0.39, 0.29) is 17.6 Å². The van der Waals surface area contributed by atoms with E-state index >= 15 is 0 Å². The number of hydrogen-bond donors (Lipinski definition) is 2. The molecule has 0 aliphatic heterocycles. The van der Waals surface area contributed by atoms with Crippen molar-refractivity contribution >= 4 is 23.0 Å². The summed E-state index contributed by atoms with van der Waals surface area (Å²) in [4.78, 5) is 12.0. The van der Waals surface area contributed by atoms with Crippen LogP contribution in [-0.2, 0) is 4.79 Å². The smallest absolute Gasteiger partial charge is 0.227 e. The van der Waals surface area contributed by atoms with Gasteiger partial charge in [0.15, 0.2) is 0 Å². The Bertz CT molecular complexity index is 604. The largest absolute Gasteiger partial charge is 0.356 e. The highest BCUT2D eigenvalue weighted by Gasteiger charge is 2.13. The maximum atomic E-state index is 12.9. The van der Waals surface area contributed by atoms with Gasteiger partial charge in [0.2, 0.25) is 5.91 Å². The number of rotatable bonds is 6. The lowest BCUT2D eigenvalue weighted by molar-refractivity contribution is -0.120. The third kappa shape index (κ3) is 4.32. The summed E-state index contributed by atoms with van der Waals surface area (Å²) in [5.74, 6) is -0.147. The maximum absolute atomic E-state index is 12.9. The minimum Gasteiger partial charge on any atom is -0.356 e. The SMILES string of the molecule is CCC(CC)C(=O)Nc1ccc(Nc2ccc(F)cc2)cc1. The van der Waals surface area contributed by atoms with Crippen LogP contribution in [0.15, 0.2) is 48.5 Å². The fourth-order valence-electron chi connectivity index (χ4n) is 2.24. The summed E-state index contributed by atoms with van der Waals surface area (Å²) in [6.45, 7) is 4.03. The molecule has 2 rings (SSSR count). The van der Waals surface area contributed by atoms with Crippen molar-refractivity contribution in [3.8, 4) is 0 Å². The first kappa shape index (κ1) is 16.0. The Balaban J connectivity index is 1.98. The number of amides is 1. The van der Waals surface area contributed by atoms with Gasteiger partial charge in [0.05, 0.1) is 0 Å². The molecule has 0 radical (unpaired) electrons. The van der Waals surface area contributed by atoms with Crippen molar-refractivity contribution in [2.24, 2.45) is 5.92 Å². The van der Waals surface area contributed by atoms with Gasteiger partial charge in [-0.2, -0.15) is 0 Å². The maximum Gasteiger partial charge on any atom is 0.227 e. The normalized spacial score (nSPS) is 10.5. The van der Waals surface area contributed by atoms with E-state index in [9.17, 15) is 9.18 Å². The molecule has 3 nitrogen and oxygen atoms in total. The van der Waals surface area contributed by atoms with E-state index < -0.39 is 0 Å². The Morgan fingerprint density at radius 3 is 1.86 bits per heavy atom. The van der Waals surface area contributed by atoms with Crippen LogP contribution in [0, 0.1) is 11.7 Å². The van der Waals surface area contributed by atoms with Crippen molar-refractivity contribution in [1.82, 2.24) is 0 Å². The van der Waals surface area contributed by atoms with Crippen molar-refractivity contribution in [1.29, 1.82) is 0 Å². The van der Waals surface area contributed by atoms with Crippen LogP contribution in [0.5, 0.6) is 0 Å². The summed E-state index contributed by atoms with van der Waals surface area (Å²) in [5.41, 5.74) is 2.48. The molecule has 0 saturated heterocycles. The number of hydrogen-bond acceptors (Lipinski definition) is 2. The van der Waals surface area contributed by atoms with Crippen molar-refractivity contribution in [3.05, 3.63) is 54.3 Å². The number of halogens is 1. The molecular formula is C18H21FN2O. The van der Waals surface area contributed by atoms with E-state index in [0.29, 0.717) is 0 Å². The lowest BCUT2D eigenvalue weighted by atomic mass is 10.0. The van der Waals surface area contributed by atoms with Gasteiger partial charge in [0, 0.05) is 23.0 Å². The number of carbonyl (C=O) groups excluding carboxylic acids is 1. The molecule has 4 heteroatoms. The minimum atomic E-state index is -0.259. The molecule has 2 aromatic carbocycles. The van der Waals surface area contributed by atoms with E-state index in [0.717, 1.165) is 29.9 Å². The number of anilines is 3.